The van der Waals surface area contributed by atoms with E-state index in [1.165, 1.54) is 9.80 Å². The van der Waals surface area contributed by atoms with E-state index in [4.69, 9.17) is 10.4 Å². The molecule has 0 spiro atoms. The highest BCUT2D eigenvalue weighted by Gasteiger charge is 2.31. The minimum Gasteiger partial charge on any atom is -0.481 e. The van der Waals surface area contributed by atoms with E-state index in [2.05, 4.69) is 0 Å². The Hall–Kier alpha value is -1.77. The Morgan fingerprint density at radius 2 is 2.31 bits per heavy atom. The van der Waals surface area contributed by atoms with Crippen molar-refractivity contribution in [2.24, 2.45) is 5.92 Å². The van der Waals surface area contributed by atoms with E-state index in [-0.39, 0.29) is 12.6 Å². The fourth-order valence-corrected chi connectivity index (χ4v) is 1.69. The van der Waals surface area contributed by atoms with Crippen LogP contribution in [0.15, 0.2) is 0 Å². The van der Waals surface area contributed by atoms with Gasteiger partial charge in [-0.2, -0.15) is 5.26 Å². The van der Waals surface area contributed by atoms with Gasteiger partial charge < -0.3 is 14.9 Å². The maximum Gasteiger partial charge on any atom is 0.319 e. The molecule has 0 aromatic carbocycles. The van der Waals surface area contributed by atoms with Crippen molar-refractivity contribution in [3.8, 4) is 6.07 Å². The van der Waals surface area contributed by atoms with E-state index in [0.29, 0.717) is 25.9 Å². The summed E-state index contributed by atoms with van der Waals surface area (Å²) in [6.45, 7) is 1.13. The molecule has 1 saturated heterocycles. The quantitative estimate of drug-likeness (QED) is 0.751. The number of likely N-dealkylation sites (tertiary alicyclic amines) is 1. The monoisotopic (exact) mass is 225 g/mol. The van der Waals surface area contributed by atoms with Crippen LogP contribution in [0.5, 0.6) is 0 Å². The van der Waals surface area contributed by atoms with Gasteiger partial charge in [-0.15, -0.1) is 0 Å². The van der Waals surface area contributed by atoms with Gasteiger partial charge >= 0.3 is 12.0 Å². The first-order valence-electron chi connectivity index (χ1n) is 5.16. The number of urea groups is 1. The molecule has 0 aromatic rings. The van der Waals surface area contributed by atoms with Gasteiger partial charge in [0, 0.05) is 26.7 Å². The van der Waals surface area contributed by atoms with Gasteiger partial charge in [-0.1, -0.05) is 0 Å². The topological polar surface area (TPSA) is 84.6 Å². The number of hydrogen-bond acceptors (Lipinski definition) is 3. The molecule has 1 N–H and O–H groups in total. The van der Waals surface area contributed by atoms with Crippen LogP contribution in [0.4, 0.5) is 4.79 Å². The number of carboxylic acids is 1. The fraction of sp³-hybridized carbons (Fsp3) is 0.700. The fourth-order valence-electron chi connectivity index (χ4n) is 1.69. The Kier molecular flexibility index (Phi) is 4.11. The Labute approximate surface area is 94.0 Å². The van der Waals surface area contributed by atoms with Gasteiger partial charge in [-0.3, -0.25) is 4.79 Å². The van der Waals surface area contributed by atoms with Crippen LogP contribution in [0.3, 0.4) is 0 Å². The van der Waals surface area contributed by atoms with E-state index in [1.54, 1.807) is 7.05 Å². The zero-order valence-electron chi connectivity index (χ0n) is 9.22. The molecule has 16 heavy (non-hydrogen) atoms. The lowest BCUT2D eigenvalue weighted by molar-refractivity contribution is -0.141. The highest BCUT2D eigenvalue weighted by molar-refractivity contribution is 5.77. The van der Waals surface area contributed by atoms with Crippen LogP contribution in [0, 0.1) is 17.2 Å². The van der Waals surface area contributed by atoms with Crippen molar-refractivity contribution in [1.29, 1.82) is 5.26 Å². The van der Waals surface area contributed by atoms with Crippen molar-refractivity contribution < 1.29 is 14.7 Å². The number of carboxylic acid groups (broad SMARTS) is 1. The number of carbonyl (C=O) groups is 2. The predicted molar refractivity (Wildman–Crippen MR) is 55.6 cm³/mol. The first kappa shape index (κ1) is 12.3. The molecule has 1 heterocycles. The molecule has 1 rings (SSSR count). The van der Waals surface area contributed by atoms with Crippen LogP contribution in [0.25, 0.3) is 0 Å². The van der Waals surface area contributed by atoms with E-state index < -0.39 is 11.9 Å². The Morgan fingerprint density at radius 3 is 2.81 bits per heavy atom. The summed E-state index contributed by atoms with van der Waals surface area (Å²) in [5, 5.41) is 17.2. The summed E-state index contributed by atoms with van der Waals surface area (Å²) in [6.07, 6.45) is 0.797. The van der Waals surface area contributed by atoms with Crippen molar-refractivity contribution in [2.75, 3.05) is 26.7 Å². The minimum absolute atomic E-state index is 0.195. The SMILES string of the molecule is CN(CCC#N)C(=O)N1CCC(C(=O)O)C1. The number of rotatable bonds is 3. The maximum atomic E-state index is 11.8. The molecular weight excluding hydrogens is 210 g/mol. The first-order chi connectivity index (χ1) is 7.56. The summed E-state index contributed by atoms with van der Waals surface area (Å²) in [6, 6.07) is 1.77. The molecule has 1 aliphatic rings. The van der Waals surface area contributed by atoms with Crippen molar-refractivity contribution in [3.63, 3.8) is 0 Å². The predicted octanol–water partition coefficient (Wildman–Crippen LogP) is 0.358. The summed E-state index contributed by atoms with van der Waals surface area (Å²) >= 11 is 0. The van der Waals surface area contributed by atoms with E-state index >= 15 is 0 Å². The first-order valence-corrected chi connectivity index (χ1v) is 5.16. The molecule has 2 amide bonds. The maximum absolute atomic E-state index is 11.8. The van der Waals surface area contributed by atoms with Gasteiger partial charge in [0.1, 0.15) is 0 Å². The van der Waals surface area contributed by atoms with E-state index in [9.17, 15) is 9.59 Å². The van der Waals surface area contributed by atoms with Crippen LogP contribution in [0.1, 0.15) is 12.8 Å². The van der Waals surface area contributed by atoms with Crippen LogP contribution in [-0.2, 0) is 4.79 Å². The van der Waals surface area contributed by atoms with Crippen LogP contribution < -0.4 is 0 Å². The normalized spacial score (nSPS) is 19.2. The Morgan fingerprint density at radius 1 is 1.62 bits per heavy atom. The average Bonchev–Trinajstić information content (AvgIpc) is 2.74. The second-order valence-corrected chi connectivity index (χ2v) is 3.88. The molecule has 1 fully saturated rings. The van der Waals surface area contributed by atoms with Crippen molar-refractivity contribution in [1.82, 2.24) is 9.80 Å². The average molecular weight is 225 g/mol. The minimum atomic E-state index is -0.852. The molecule has 6 heteroatoms. The van der Waals surface area contributed by atoms with Crippen molar-refractivity contribution in [2.45, 2.75) is 12.8 Å². The lowest BCUT2D eigenvalue weighted by atomic mass is 10.1. The van der Waals surface area contributed by atoms with E-state index in [0.717, 1.165) is 0 Å². The summed E-state index contributed by atoms with van der Waals surface area (Å²) < 4.78 is 0. The molecular formula is C10H15N3O3. The zero-order chi connectivity index (χ0) is 12.1. The summed E-state index contributed by atoms with van der Waals surface area (Å²) in [5.41, 5.74) is 0. The molecule has 1 unspecified atom stereocenters. The second-order valence-electron chi connectivity index (χ2n) is 3.88. The highest BCUT2D eigenvalue weighted by Crippen LogP contribution is 2.17. The molecule has 0 saturated carbocycles. The second kappa shape index (κ2) is 5.35. The number of nitriles is 1. The molecule has 88 valence electrons. The van der Waals surface area contributed by atoms with Gasteiger partial charge in [-0.05, 0) is 6.42 Å². The number of hydrogen-bond donors (Lipinski definition) is 1. The zero-order valence-corrected chi connectivity index (χ0v) is 9.22. The standard InChI is InChI=1S/C10H15N3O3/c1-12(5-2-4-11)10(16)13-6-3-8(7-13)9(14)15/h8H,2-3,5-7H2,1H3,(H,14,15). The molecule has 0 aromatic heterocycles. The summed E-state index contributed by atoms with van der Waals surface area (Å²) in [7, 11) is 1.62. The number of aliphatic carboxylic acids is 1. The third-order valence-electron chi connectivity index (χ3n) is 2.69. The smallest absolute Gasteiger partial charge is 0.319 e. The molecule has 0 aliphatic carbocycles. The largest absolute Gasteiger partial charge is 0.481 e. The third kappa shape index (κ3) is 2.86. The number of amides is 2. The number of carbonyl (C=O) groups excluding carboxylic acids is 1. The lowest BCUT2D eigenvalue weighted by Crippen LogP contribution is -2.40. The van der Waals surface area contributed by atoms with Crippen LogP contribution >= 0.6 is 0 Å². The van der Waals surface area contributed by atoms with Crippen molar-refractivity contribution >= 4 is 12.0 Å². The lowest BCUT2D eigenvalue weighted by Gasteiger charge is -2.23. The summed E-state index contributed by atoms with van der Waals surface area (Å²) in [4.78, 5) is 25.5. The molecule has 0 bridgehead atoms. The highest BCUT2D eigenvalue weighted by atomic mass is 16.4. The number of nitrogens with zero attached hydrogens (tertiary/aromatic N) is 3. The van der Waals surface area contributed by atoms with Gasteiger partial charge in [0.2, 0.25) is 0 Å². The van der Waals surface area contributed by atoms with Gasteiger partial charge in [0.15, 0.2) is 0 Å². The molecule has 1 aliphatic heterocycles. The Balaban J connectivity index is 2.44. The molecule has 6 nitrogen and oxygen atoms in total. The summed E-state index contributed by atoms with van der Waals surface area (Å²) in [5.74, 6) is -1.30. The van der Waals surface area contributed by atoms with Crippen LogP contribution in [0.2, 0.25) is 0 Å². The van der Waals surface area contributed by atoms with Crippen molar-refractivity contribution in [3.05, 3.63) is 0 Å². The third-order valence-corrected chi connectivity index (χ3v) is 2.69. The Bertz CT molecular complexity index is 324. The molecule has 0 radical (unpaired) electrons. The van der Waals surface area contributed by atoms with Gasteiger partial charge in [-0.25, -0.2) is 4.79 Å². The van der Waals surface area contributed by atoms with Crippen LogP contribution in [-0.4, -0.2) is 53.6 Å². The van der Waals surface area contributed by atoms with Gasteiger partial charge in [0.25, 0.3) is 0 Å². The van der Waals surface area contributed by atoms with Gasteiger partial charge in [0.05, 0.1) is 18.4 Å². The molecule has 1 atom stereocenters. The van der Waals surface area contributed by atoms with E-state index in [1.807, 2.05) is 6.07 Å².